The molecular weight excluding hydrogens is 194 g/mol. The van der Waals surface area contributed by atoms with Gasteiger partial charge in [0.1, 0.15) is 6.54 Å². The first kappa shape index (κ1) is 11.5. The van der Waals surface area contributed by atoms with Gasteiger partial charge in [-0.1, -0.05) is 6.07 Å². The molecule has 0 aliphatic heterocycles. The van der Waals surface area contributed by atoms with Crippen LogP contribution in [0.5, 0.6) is 0 Å². The van der Waals surface area contributed by atoms with E-state index in [1.54, 1.807) is 26.4 Å². The van der Waals surface area contributed by atoms with E-state index in [1.807, 2.05) is 0 Å². The number of nitrogens with zero attached hydrogens (tertiary/aromatic N) is 2. The Labute approximate surface area is 88.1 Å². The summed E-state index contributed by atoms with van der Waals surface area (Å²) in [4.78, 5) is 24.2. The third-order valence-electron chi connectivity index (χ3n) is 2.08. The molecule has 0 aromatic carbocycles. The molecule has 2 N–H and O–H groups in total. The van der Waals surface area contributed by atoms with Gasteiger partial charge in [-0.3, -0.25) is 9.59 Å². The maximum Gasteiger partial charge on any atom is 0.251 e. The minimum atomic E-state index is -0.192. The lowest BCUT2D eigenvalue weighted by Gasteiger charge is -2.12. The predicted octanol–water partition coefficient (Wildman–Crippen LogP) is -0.605. The van der Waals surface area contributed by atoms with Crippen molar-refractivity contribution in [2.75, 3.05) is 14.1 Å². The number of amides is 1. The van der Waals surface area contributed by atoms with Crippen LogP contribution >= 0.6 is 0 Å². The van der Waals surface area contributed by atoms with Crippen LogP contribution in [-0.4, -0.2) is 29.5 Å². The lowest BCUT2D eigenvalue weighted by Crippen LogP contribution is -2.31. The third-order valence-corrected chi connectivity index (χ3v) is 2.08. The standard InChI is InChI=1S/C10H15N3O2/c1-12(2)10(15)7-13-6-8(5-11)3-4-9(13)14/h3-4,6H,5,7,11H2,1-2H3. The van der Waals surface area contributed by atoms with Crippen molar-refractivity contribution < 1.29 is 4.79 Å². The summed E-state index contributed by atoms with van der Waals surface area (Å²) < 4.78 is 1.37. The number of hydrogen-bond donors (Lipinski definition) is 1. The second-order valence-corrected chi connectivity index (χ2v) is 3.50. The molecule has 82 valence electrons. The zero-order valence-corrected chi connectivity index (χ0v) is 8.93. The maximum absolute atomic E-state index is 11.4. The van der Waals surface area contributed by atoms with E-state index in [0.717, 1.165) is 5.56 Å². The highest BCUT2D eigenvalue weighted by Crippen LogP contribution is 1.94. The molecular formula is C10H15N3O2. The Balaban J connectivity index is 2.93. The lowest BCUT2D eigenvalue weighted by molar-refractivity contribution is -0.129. The summed E-state index contributed by atoms with van der Waals surface area (Å²) >= 11 is 0. The topological polar surface area (TPSA) is 68.3 Å². The molecule has 1 amide bonds. The fourth-order valence-electron chi connectivity index (χ4n) is 1.11. The molecule has 5 heteroatoms. The number of nitrogens with two attached hydrogens (primary N) is 1. The summed E-state index contributed by atoms with van der Waals surface area (Å²) in [7, 11) is 3.31. The van der Waals surface area contributed by atoms with Gasteiger partial charge < -0.3 is 15.2 Å². The van der Waals surface area contributed by atoms with Gasteiger partial charge in [0.15, 0.2) is 0 Å². The minimum Gasteiger partial charge on any atom is -0.347 e. The van der Waals surface area contributed by atoms with Crippen molar-refractivity contribution in [1.82, 2.24) is 9.47 Å². The monoisotopic (exact) mass is 209 g/mol. The van der Waals surface area contributed by atoms with Crippen LogP contribution in [0.15, 0.2) is 23.1 Å². The van der Waals surface area contributed by atoms with Gasteiger partial charge in [-0.05, 0) is 5.56 Å². The molecule has 0 spiro atoms. The molecule has 0 unspecified atom stereocenters. The van der Waals surface area contributed by atoms with E-state index in [-0.39, 0.29) is 18.0 Å². The van der Waals surface area contributed by atoms with Crippen LogP contribution < -0.4 is 11.3 Å². The number of rotatable bonds is 3. The van der Waals surface area contributed by atoms with Crippen molar-refractivity contribution in [3.8, 4) is 0 Å². The summed E-state index contributed by atoms with van der Waals surface area (Å²) in [5.41, 5.74) is 6.09. The zero-order chi connectivity index (χ0) is 11.4. The summed E-state index contributed by atoms with van der Waals surface area (Å²) in [6.45, 7) is 0.413. The molecule has 1 aromatic rings. The van der Waals surface area contributed by atoms with E-state index in [2.05, 4.69) is 0 Å². The van der Waals surface area contributed by atoms with Crippen LogP contribution in [0, 0.1) is 0 Å². The lowest BCUT2D eigenvalue weighted by atomic mass is 10.3. The highest BCUT2D eigenvalue weighted by atomic mass is 16.2. The summed E-state index contributed by atoms with van der Waals surface area (Å²) in [5, 5.41) is 0. The molecule has 1 heterocycles. The number of carbonyl (C=O) groups excluding carboxylic acids is 1. The molecule has 1 rings (SSSR count). The average molecular weight is 209 g/mol. The first-order chi connectivity index (χ1) is 7.04. The Morgan fingerprint density at radius 1 is 1.47 bits per heavy atom. The highest BCUT2D eigenvalue weighted by molar-refractivity contribution is 5.75. The van der Waals surface area contributed by atoms with Crippen molar-refractivity contribution in [3.05, 3.63) is 34.2 Å². The van der Waals surface area contributed by atoms with E-state index in [9.17, 15) is 9.59 Å². The first-order valence-electron chi connectivity index (χ1n) is 4.64. The van der Waals surface area contributed by atoms with Gasteiger partial charge >= 0.3 is 0 Å². The average Bonchev–Trinajstić information content (AvgIpc) is 2.21. The molecule has 0 aliphatic rings. The van der Waals surface area contributed by atoms with Crippen LogP contribution in [0.3, 0.4) is 0 Å². The predicted molar refractivity (Wildman–Crippen MR) is 57.3 cm³/mol. The minimum absolute atomic E-state index is 0.0552. The molecule has 15 heavy (non-hydrogen) atoms. The number of carbonyl (C=O) groups is 1. The zero-order valence-electron chi connectivity index (χ0n) is 8.93. The van der Waals surface area contributed by atoms with Gasteiger partial charge in [0, 0.05) is 32.9 Å². The van der Waals surface area contributed by atoms with Crippen molar-refractivity contribution in [2.24, 2.45) is 5.73 Å². The van der Waals surface area contributed by atoms with E-state index < -0.39 is 0 Å². The summed E-state index contributed by atoms with van der Waals surface area (Å²) in [6, 6.07) is 3.09. The Kier molecular flexibility index (Phi) is 3.62. The molecule has 0 aliphatic carbocycles. The second-order valence-electron chi connectivity index (χ2n) is 3.50. The molecule has 5 nitrogen and oxygen atoms in total. The SMILES string of the molecule is CN(C)C(=O)Cn1cc(CN)ccc1=O. The number of aromatic nitrogens is 1. The maximum atomic E-state index is 11.4. The molecule has 0 atom stereocenters. The van der Waals surface area contributed by atoms with E-state index in [4.69, 9.17) is 5.73 Å². The Morgan fingerprint density at radius 3 is 2.67 bits per heavy atom. The summed E-state index contributed by atoms with van der Waals surface area (Å²) in [5.74, 6) is -0.119. The highest BCUT2D eigenvalue weighted by Gasteiger charge is 2.06. The number of likely N-dealkylation sites (N-methyl/N-ethyl adjacent to an activating group) is 1. The van der Waals surface area contributed by atoms with E-state index in [1.165, 1.54) is 15.5 Å². The molecule has 0 bridgehead atoms. The smallest absolute Gasteiger partial charge is 0.251 e. The van der Waals surface area contributed by atoms with Crippen molar-refractivity contribution in [1.29, 1.82) is 0 Å². The molecule has 0 radical (unpaired) electrons. The number of hydrogen-bond acceptors (Lipinski definition) is 3. The molecule has 0 saturated carbocycles. The van der Waals surface area contributed by atoms with Crippen LogP contribution in [0.2, 0.25) is 0 Å². The van der Waals surface area contributed by atoms with Gasteiger partial charge in [-0.25, -0.2) is 0 Å². The van der Waals surface area contributed by atoms with Crippen LogP contribution in [0.25, 0.3) is 0 Å². The Bertz CT molecular complexity index is 409. The van der Waals surface area contributed by atoms with E-state index in [0.29, 0.717) is 6.54 Å². The third kappa shape index (κ3) is 2.92. The van der Waals surface area contributed by atoms with Crippen molar-refractivity contribution in [2.45, 2.75) is 13.1 Å². The van der Waals surface area contributed by atoms with Crippen molar-refractivity contribution >= 4 is 5.91 Å². The molecule has 0 fully saturated rings. The fraction of sp³-hybridized carbons (Fsp3) is 0.400. The summed E-state index contributed by atoms with van der Waals surface area (Å²) in [6.07, 6.45) is 1.61. The van der Waals surface area contributed by atoms with Gasteiger partial charge in [-0.15, -0.1) is 0 Å². The van der Waals surface area contributed by atoms with Gasteiger partial charge in [0.2, 0.25) is 5.91 Å². The van der Waals surface area contributed by atoms with Crippen LogP contribution in [0.4, 0.5) is 0 Å². The Morgan fingerprint density at radius 2 is 2.13 bits per heavy atom. The fourth-order valence-corrected chi connectivity index (χ4v) is 1.11. The molecule has 0 saturated heterocycles. The quantitative estimate of drug-likeness (QED) is 0.722. The largest absolute Gasteiger partial charge is 0.347 e. The van der Waals surface area contributed by atoms with Gasteiger partial charge in [0.25, 0.3) is 5.56 Å². The van der Waals surface area contributed by atoms with Gasteiger partial charge in [0.05, 0.1) is 0 Å². The van der Waals surface area contributed by atoms with Crippen molar-refractivity contribution in [3.63, 3.8) is 0 Å². The second kappa shape index (κ2) is 4.75. The van der Waals surface area contributed by atoms with Gasteiger partial charge in [-0.2, -0.15) is 0 Å². The Hall–Kier alpha value is -1.62. The van der Waals surface area contributed by atoms with E-state index >= 15 is 0 Å². The normalized spacial score (nSPS) is 10.1. The molecule has 1 aromatic heterocycles. The van der Waals surface area contributed by atoms with Crippen LogP contribution in [-0.2, 0) is 17.9 Å². The van der Waals surface area contributed by atoms with Crippen LogP contribution in [0.1, 0.15) is 5.56 Å². The first-order valence-corrected chi connectivity index (χ1v) is 4.64. The number of pyridine rings is 1.